The van der Waals surface area contributed by atoms with Gasteiger partial charge in [0.1, 0.15) is 0 Å². The van der Waals surface area contributed by atoms with Crippen LogP contribution in [0.3, 0.4) is 0 Å². The molecule has 0 radical (unpaired) electrons. The topological polar surface area (TPSA) is 102 Å². The number of hydrogen-bond donors (Lipinski definition) is 1. The van der Waals surface area contributed by atoms with Crippen molar-refractivity contribution in [1.29, 1.82) is 0 Å². The molecule has 9 nitrogen and oxygen atoms in total. The first kappa shape index (κ1) is 69.7. The molecule has 0 saturated carbocycles. The van der Waals surface area contributed by atoms with Gasteiger partial charge in [-0.15, -0.1) is 34.0 Å². The molecule has 2 aliphatic heterocycles. The Labute approximate surface area is 527 Å². The zero-order valence-electron chi connectivity index (χ0n) is 52.7. The maximum absolute atomic E-state index is 11.3. The second-order valence-corrected chi connectivity index (χ2v) is 44.2. The number of halogens is 4. The fourth-order valence-corrected chi connectivity index (χ4v) is 15.8. The number of rotatable bonds is 18. The van der Waals surface area contributed by atoms with E-state index in [0.29, 0.717) is 36.5 Å². The predicted molar refractivity (Wildman–Crippen MR) is 354 cm³/mol. The quantitative estimate of drug-likeness (QED) is 0.0666. The largest absolute Gasteiger partial charge is 0.406 e. The number of aldehydes is 1. The van der Waals surface area contributed by atoms with Crippen LogP contribution >= 0.6 is 68.8 Å². The van der Waals surface area contributed by atoms with E-state index in [1.54, 1.807) is 22.7 Å². The van der Waals surface area contributed by atoms with Gasteiger partial charge in [0.25, 0.3) is 0 Å². The minimum absolute atomic E-state index is 0.0509. The second kappa shape index (κ2) is 30.7. The van der Waals surface area contributed by atoms with E-state index in [4.69, 9.17) is 68.4 Å². The average molecular weight is 1310 g/mol. The Morgan fingerprint density at radius 2 is 0.867 bits per heavy atom. The monoisotopic (exact) mass is 1310 g/mol. The summed E-state index contributed by atoms with van der Waals surface area (Å²) in [6.45, 7) is 40.5. The molecule has 5 heterocycles. The zero-order chi connectivity index (χ0) is 62.6. The van der Waals surface area contributed by atoms with Crippen LogP contribution in [-0.2, 0) is 51.7 Å². The normalized spacial score (nSPS) is 16.0. The van der Waals surface area contributed by atoms with E-state index in [2.05, 4.69) is 140 Å². The first-order chi connectivity index (χ1) is 39.2. The zero-order valence-corrected chi connectivity index (χ0v) is 59.4. The number of aliphatic hydroxyl groups excluding tert-OH is 1. The Balaban J connectivity index is 0.000000225. The molecule has 0 aliphatic carbocycles. The highest BCUT2D eigenvalue weighted by atomic mass is 35.5. The van der Waals surface area contributed by atoms with Gasteiger partial charge >= 0.3 is 0 Å². The summed E-state index contributed by atoms with van der Waals surface area (Å²) in [5, 5.41) is 12.4. The molecule has 2 saturated heterocycles. The molecule has 19 heteroatoms. The SMILES string of the molecule is CC(C)(C)[Si](C)(C)OC(c1cccc(Cl)c1)c1cc(C2OCCO2)sc1CO.CCc1sc(C2OCCO2)cc1C(O[Si](C)(C)C(C)(C)C)c1cccc(Cl)c1.CCc1sc(C=O)cc1C(O[Si](C)(C)C(C)(C)C)c1cccc(Cl)c1.[2H]CF. The first-order valence-electron chi connectivity index (χ1n) is 29.0. The van der Waals surface area contributed by atoms with Gasteiger partial charge < -0.3 is 37.3 Å². The van der Waals surface area contributed by atoms with Crippen molar-refractivity contribution >= 4 is 100 Å². The highest BCUT2D eigenvalue weighted by Gasteiger charge is 2.43. The number of ether oxygens (including phenoxy) is 4. The molecular weight excluding hydrogens is 1220 g/mol. The Hall–Kier alpha value is -2.44. The minimum atomic E-state index is -2.09. The number of carbonyl (C=O) groups excluding carboxylic acids is 1. The number of hydrogen-bond acceptors (Lipinski definition) is 12. The van der Waals surface area contributed by atoms with Crippen molar-refractivity contribution in [2.75, 3.05) is 33.6 Å². The van der Waals surface area contributed by atoms with E-state index < -0.39 is 32.1 Å². The summed E-state index contributed by atoms with van der Waals surface area (Å²) >= 11 is 23.7. The molecule has 83 heavy (non-hydrogen) atoms. The van der Waals surface area contributed by atoms with Crippen LogP contribution in [0.5, 0.6) is 0 Å². The average Bonchev–Trinajstić information content (AvgIpc) is 2.56. The summed E-state index contributed by atoms with van der Waals surface area (Å²) in [6, 6.07) is 30.0. The molecule has 0 spiro atoms. The highest BCUT2D eigenvalue weighted by molar-refractivity contribution is 7.14. The summed E-state index contributed by atoms with van der Waals surface area (Å²) < 4.78 is 58.9. The van der Waals surface area contributed by atoms with E-state index in [1.807, 2.05) is 66.7 Å². The molecule has 3 unspecified atom stereocenters. The third-order valence-electron chi connectivity index (χ3n) is 16.2. The van der Waals surface area contributed by atoms with Crippen molar-refractivity contribution < 1.29 is 47.9 Å². The van der Waals surface area contributed by atoms with E-state index in [9.17, 15) is 14.3 Å². The maximum atomic E-state index is 11.3. The molecule has 0 amide bonds. The number of thiophene rings is 3. The standard InChI is InChI=1S/C22H31ClO3SSi.C21H29ClO4SSi.C20H27ClO2SSi.CH3F/c1-7-18-17(14-19(27-18)21-24-11-12-25-21)20(15-9-8-10-16(23)13-15)26-28(5,6)22(2,3)4;1-21(2,3)28(4,5)26-19(14-7-6-8-15(22)11-14)16-12-17(27-18(16)13-23)20-24-9-10-25-20;1-7-18-17(12-16(13-22)24-18)19(14-9-8-10-15(21)11-14)23-25(5,6)20(2,3)4;1-2/h8-10,13-14,20-21H,7,11-12H2,1-6H3;6-8,11-12,19-20,23H,9-10,13H2,1-5H3;8-13,19H,7H2,1-6H3;1H3/i;;;1D. The summed E-state index contributed by atoms with van der Waals surface area (Å²) in [4.78, 5) is 17.5. The lowest BCUT2D eigenvalue weighted by molar-refractivity contribution is -0.0416. The fourth-order valence-electron chi connectivity index (χ4n) is 8.43. The number of aliphatic hydroxyl groups is 1. The summed E-state index contributed by atoms with van der Waals surface area (Å²) in [5.74, 6) is 0. The Bertz CT molecular complexity index is 2890. The maximum Gasteiger partial charge on any atom is 0.193 e. The summed E-state index contributed by atoms with van der Waals surface area (Å²) in [5.41, 5.74) is 6.42. The van der Waals surface area contributed by atoms with Crippen molar-refractivity contribution in [2.45, 2.75) is 181 Å². The van der Waals surface area contributed by atoms with E-state index in [0.717, 1.165) is 71.5 Å². The minimum Gasteiger partial charge on any atom is -0.406 e. The van der Waals surface area contributed by atoms with Crippen LogP contribution in [0.4, 0.5) is 4.39 Å². The van der Waals surface area contributed by atoms with Crippen LogP contribution in [0.2, 0.25) is 69.5 Å². The number of alkyl halides is 1. The molecule has 3 aromatic heterocycles. The van der Waals surface area contributed by atoms with Gasteiger partial charge in [0, 0.05) is 35.3 Å². The van der Waals surface area contributed by atoms with Crippen molar-refractivity contribution in [1.82, 2.24) is 0 Å². The second-order valence-electron chi connectivity index (χ2n) is 25.2. The number of aryl methyl sites for hydroxylation is 2. The lowest BCUT2D eigenvalue weighted by atomic mass is 10.0. The van der Waals surface area contributed by atoms with Crippen LogP contribution in [0.1, 0.15) is 176 Å². The first-order valence-corrected chi connectivity index (χ1v) is 40.6. The molecule has 1 N–H and O–H groups in total. The number of carbonyl (C=O) groups is 1. The molecule has 8 rings (SSSR count). The van der Waals surface area contributed by atoms with Gasteiger partial charge in [-0.1, -0.05) is 147 Å². The molecular formula is C64H90Cl3FO9S3Si3. The molecule has 458 valence electrons. The van der Waals surface area contributed by atoms with Crippen molar-refractivity contribution in [2.24, 2.45) is 0 Å². The van der Waals surface area contributed by atoms with Gasteiger partial charge in [0.2, 0.25) is 0 Å². The van der Waals surface area contributed by atoms with E-state index in [-0.39, 0.29) is 52.6 Å². The van der Waals surface area contributed by atoms with Crippen LogP contribution < -0.4 is 0 Å². The van der Waals surface area contributed by atoms with E-state index >= 15 is 0 Å². The lowest BCUT2D eigenvalue weighted by Gasteiger charge is -2.39. The lowest BCUT2D eigenvalue weighted by Crippen LogP contribution is -2.42. The molecule has 0 bridgehead atoms. The molecule has 2 aliphatic rings. The summed E-state index contributed by atoms with van der Waals surface area (Å²) in [7, 11) is -7.12. The van der Waals surface area contributed by atoms with Crippen LogP contribution in [0.15, 0.2) is 91.0 Å². The molecule has 3 aromatic carbocycles. The Morgan fingerprint density at radius 3 is 1.16 bits per heavy atom. The predicted octanol–water partition coefficient (Wildman–Crippen LogP) is 20.6. The Morgan fingerprint density at radius 1 is 0.566 bits per heavy atom. The van der Waals surface area contributed by atoms with Gasteiger partial charge in [-0.05, 0) is 150 Å². The third-order valence-corrected chi connectivity index (χ3v) is 33.9. The summed E-state index contributed by atoms with van der Waals surface area (Å²) in [6.07, 6.45) is 1.51. The van der Waals surface area contributed by atoms with Gasteiger partial charge in [-0.3, -0.25) is 9.18 Å². The molecule has 6 aromatic rings. The number of benzene rings is 3. The smallest absolute Gasteiger partial charge is 0.193 e. The van der Waals surface area contributed by atoms with Gasteiger partial charge in [0.05, 0.1) is 74.5 Å². The van der Waals surface area contributed by atoms with E-state index in [1.165, 1.54) is 26.7 Å². The molecule has 2 fully saturated rings. The Kier molecular flexibility index (Phi) is 25.7. The van der Waals surface area contributed by atoms with Crippen molar-refractivity contribution in [3.63, 3.8) is 0 Å². The highest BCUT2D eigenvalue weighted by Crippen LogP contribution is 2.48. The third kappa shape index (κ3) is 18.8. The van der Waals surface area contributed by atoms with Crippen LogP contribution in [0.25, 0.3) is 0 Å². The fraction of sp³-hybridized carbons (Fsp3) is 0.516. The van der Waals surface area contributed by atoms with Crippen LogP contribution in [-0.4, -0.2) is 69.9 Å². The van der Waals surface area contributed by atoms with Crippen molar-refractivity contribution in [3.8, 4) is 0 Å². The van der Waals surface area contributed by atoms with Gasteiger partial charge in [-0.25, -0.2) is 0 Å². The van der Waals surface area contributed by atoms with Gasteiger partial charge in [-0.2, -0.15) is 0 Å². The van der Waals surface area contributed by atoms with Crippen LogP contribution in [0, 0.1) is 0 Å². The van der Waals surface area contributed by atoms with Gasteiger partial charge in [0.15, 0.2) is 43.8 Å². The van der Waals surface area contributed by atoms with Crippen molar-refractivity contribution in [3.05, 3.63) is 169 Å². The molecule has 3 atom stereocenters.